The number of hydrogen-bond donors (Lipinski definition) is 1. The number of nitrogens with zero attached hydrogens (tertiary/aromatic N) is 1. The number of thiazole rings is 1. The number of thiophene rings is 1. The molecule has 2 aromatic heterocycles. The van der Waals surface area contributed by atoms with Gasteiger partial charge in [0.15, 0.2) is 0 Å². The number of benzene rings is 1. The van der Waals surface area contributed by atoms with Crippen LogP contribution in [-0.4, -0.2) is 24.7 Å². The highest BCUT2D eigenvalue weighted by Gasteiger charge is 2.14. The molecule has 3 rings (SSSR count). The van der Waals surface area contributed by atoms with Gasteiger partial charge < -0.3 is 10.1 Å². The average molecular weight is 292 g/mol. The molecular weight excluding hydrogens is 276 g/mol. The Bertz CT molecular complexity index is 717. The van der Waals surface area contributed by atoms with E-state index >= 15 is 0 Å². The molecule has 0 aliphatic rings. The van der Waals surface area contributed by atoms with Crippen molar-refractivity contribution in [3.8, 4) is 5.75 Å². The van der Waals surface area contributed by atoms with E-state index in [1.54, 1.807) is 22.7 Å². The molecule has 1 aromatic carbocycles. The van der Waals surface area contributed by atoms with Crippen LogP contribution in [0.15, 0.2) is 17.5 Å². The largest absolute Gasteiger partial charge is 0.489 e. The van der Waals surface area contributed by atoms with Crippen molar-refractivity contribution < 1.29 is 4.74 Å². The molecule has 0 fully saturated rings. The van der Waals surface area contributed by atoms with Crippen molar-refractivity contribution in [3.05, 3.63) is 22.5 Å². The number of aryl methyl sites for hydroxylation is 1. The lowest BCUT2D eigenvalue weighted by Gasteiger charge is -2.15. The molecule has 5 heteroatoms. The van der Waals surface area contributed by atoms with Gasteiger partial charge >= 0.3 is 0 Å². The second kappa shape index (κ2) is 5.07. The van der Waals surface area contributed by atoms with Crippen molar-refractivity contribution in [2.24, 2.45) is 0 Å². The molecule has 0 spiro atoms. The summed E-state index contributed by atoms with van der Waals surface area (Å²) >= 11 is 3.46. The third kappa shape index (κ3) is 2.33. The van der Waals surface area contributed by atoms with Crippen LogP contribution in [0.5, 0.6) is 5.75 Å². The van der Waals surface area contributed by atoms with Gasteiger partial charge in [0.25, 0.3) is 0 Å². The Kier molecular flexibility index (Phi) is 3.43. The van der Waals surface area contributed by atoms with Crippen molar-refractivity contribution in [2.45, 2.75) is 20.0 Å². The van der Waals surface area contributed by atoms with E-state index in [1.807, 2.05) is 14.0 Å². The molecule has 2 heterocycles. The van der Waals surface area contributed by atoms with Crippen molar-refractivity contribution in [2.75, 3.05) is 13.6 Å². The minimum atomic E-state index is 0.152. The highest BCUT2D eigenvalue weighted by atomic mass is 32.1. The lowest BCUT2D eigenvalue weighted by Crippen LogP contribution is -2.26. The van der Waals surface area contributed by atoms with E-state index in [2.05, 4.69) is 34.7 Å². The van der Waals surface area contributed by atoms with Gasteiger partial charge in [0.1, 0.15) is 11.9 Å². The van der Waals surface area contributed by atoms with Gasteiger partial charge in [-0.3, -0.25) is 0 Å². The van der Waals surface area contributed by atoms with E-state index in [0.717, 1.165) is 22.8 Å². The van der Waals surface area contributed by atoms with Gasteiger partial charge in [-0.15, -0.1) is 22.7 Å². The number of fused-ring (bicyclic) bond motifs is 3. The summed E-state index contributed by atoms with van der Waals surface area (Å²) in [6.07, 6.45) is 0.152. The van der Waals surface area contributed by atoms with Crippen LogP contribution in [-0.2, 0) is 0 Å². The third-order valence-corrected chi connectivity index (χ3v) is 4.83. The third-order valence-electron chi connectivity index (χ3n) is 2.99. The summed E-state index contributed by atoms with van der Waals surface area (Å²) in [4.78, 5) is 4.63. The van der Waals surface area contributed by atoms with Crippen LogP contribution in [0.2, 0.25) is 0 Å². The Morgan fingerprint density at radius 1 is 1.47 bits per heavy atom. The van der Waals surface area contributed by atoms with Gasteiger partial charge in [-0.1, -0.05) is 0 Å². The zero-order valence-corrected chi connectivity index (χ0v) is 12.8. The molecular formula is C14H16N2OS2. The van der Waals surface area contributed by atoms with Gasteiger partial charge in [0, 0.05) is 18.0 Å². The summed E-state index contributed by atoms with van der Waals surface area (Å²) in [5, 5.41) is 7.52. The highest BCUT2D eigenvalue weighted by molar-refractivity contribution is 7.21. The van der Waals surface area contributed by atoms with Crippen molar-refractivity contribution in [3.63, 3.8) is 0 Å². The fourth-order valence-corrected chi connectivity index (χ4v) is 4.06. The van der Waals surface area contributed by atoms with Crippen molar-refractivity contribution in [1.82, 2.24) is 10.3 Å². The van der Waals surface area contributed by atoms with E-state index < -0.39 is 0 Å². The molecule has 0 saturated carbocycles. The monoisotopic (exact) mass is 292 g/mol. The molecule has 0 saturated heterocycles. The fraction of sp³-hybridized carbons (Fsp3) is 0.357. The summed E-state index contributed by atoms with van der Waals surface area (Å²) in [5.41, 5.74) is 1.11. The first-order valence-electron chi connectivity index (χ1n) is 6.27. The number of likely N-dealkylation sites (N-methyl/N-ethyl adjacent to an activating group) is 1. The second-order valence-electron chi connectivity index (χ2n) is 4.60. The Morgan fingerprint density at radius 3 is 3.11 bits per heavy atom. The van der Waals surface area contributed by atoms with Gasteiger partial charge in [-0.25, -0.2) is 4.98 Å². The smallest absolute Gasteiger partial charge is 0.130 e. The van der Waals surface area contributed by atoms with Crippen LogP contribution < -0.4 is 10.1 Å². The molecule has 0 aliphatic heterocycles. The molecule has 1 N–H and O–H groups in total. The van der Waals surface area contributed by atoms with Crippen molar-refractivity contribution >= 4 is 43.0 Å². The molecule has 100 valence electrons. The van der Waals surface area contributed by atoms with Crippen LogP contribution in [0.3, 0.4) is 0 Å². The highest BCUT2D eigenvalue weighted by Crippen LogP contribution is 2.39. The minimum Gasteiger partial charge on any atom is -0.489 e. The molecule has 1 atom stereocenters. The molecule has 0 bridgehead atoms. The summed E-state index contributed by atoms with van der Waals surface area (Å²) < 4.78 is 8.50. The number of nitrogens with one attached hydrogen (secondary N) is 1. The van der Waals surface area contributed by atoms with Gasteiger partial charge in [-0.2, -0.15) is 0 Å². The minimum absolute atomic E-state index is 0.152. The Hall–Kier alpha value is -1.17. The van der Waals surface area contributed by atoms with Crippen LogP contribution in [0.4, 0.5) is 0 Å². The average Bonchev–Trinajstić information content (AvgIpc) is 2.94. The Morgan fingerprint density at radius 2 is 2.32 bits per heavy atom. The summed E-state index contributed by atoms with van der Waals surface area (Å²) in [6.45, 7) is 4.97. The Labute approximate surface area is 120 Å². The molecule has 0 radical (unpaired) electrons. The quantitative estimate of drug-likeness (QED) is 0.794. The molecule has 19 heavy (non-hydrogen) atoms. The first-order chi connectivity index (χ1) is 9.19. The predicted molar refractivity (Wildman–Crippen MR) is 83.8 cm³/mol. The standard InChI is InChI=1S/C14H16N2OS2/c1-8(7-15-3)17-11-6-12-13(16-9(2)19-12)14-10(11)4-5-18-14/h4-6,8,15H,7H2,1-3H3. The fourth-order valence-electron chi connectivity index (χ4n) is 2.23. The van der Waals surface area contributed by atoms with E-state index in [-0.39, 0.29) is 6.10 Å². The lowest BCUT2D eigenvalue weighted by atomic mass is 10.2. The summed E-state index contributed by atoms with van der Waals surface area (Å²) in [6, 6.07) is 4.25. The SMILES string of the molecule is CNCC(C)Oc1cc2sc(C)nc2c2sccc12. The lowest BCUT2D eigenvalue weighted by molar-refractivity contribution is 0.224. The van der Waals surface area contributed by atoms with Gasteiger partial charge in [0.05, 0.1) is 19.9 Å². The normalized spacial score (nSPS) is 13.2. The van der Waals surface area contributed by atoms with E-state index in [9.17, 15) is 0 Å². The van der Waals surface area contributed by atoms with Gasteiger partial charge in [0.2, 0.25) is 0 Å². The Balaban J connectivity index is 2.13. The van der Waals surface area contributed by atoms with Gasteiger partial charge in [-0.05, 0) is 32.3 Å². The topological polar surface area (TPSA) is 34.1 Å². The van der Waals surface area contributed by atoms with E-state index in [0.29, 0.717) is 0 Å². The predicted octanol–water partition coefficient (Wildman–Crippen LogP) is 3.81. The van der Waals surface area contributed by atoms with E-state index in [1.165, 1.54) is 14.8 Å². The summed E-state index contributed by atoms with van der Waals surface area (Å²) in [7, 11) is 1.94. The molecule has 3 aromatic rings. The first kappa shape index (κ1) is 12.8. The van der Waals surface area contributed by atoms with Crippen LogP contribution in [0.1, 0.15) is 11.9 Å². The maximum atomic E-state index is 6.07. The number of hydrogen-bond acceptors (Lipinski definition) is 5. The maximum absolute atomic E-state index is 6.07. The summed E-state index contributed by atoms with van der Waals surface area (Å²) in [5.74, 6) is 0.968. The van der Waals surface area contributed by atoms with Crippen LogP contribution in [0.25, 0.3) is 20.3 Å². The van der Waals surface area contributed by atoms with Crippen molar-refractivity contribution in [1.29, 1.82) is 0 Å². The van der Waals surface area contributed by atoms with Crippen LogP contribution >= 0.6 is 22.7 Å². The molecule has 3 nitrogen and oxygen atoms in total. The molecule has 1 unspecified atom stereocenters. The second-order valence-corrected chi connectivity index (χ2v) is 6.75. The number of rotatable bonds is 4. The first-order valence-corrected chi connectivity index (χ1v) is 7.97. The number of ether oxygens (including phenoxy) is 1. The zero-order valence-electron chi connectivity index (χ0n) is 11.2. The molecule has 0 aliphatic carbocycles. The van der Waals surface area contributed by atoms with E-state index in [4.69, 9.17) is 4.74 Å². The number of aromatic nitrogens is 1. The molecule has 0 amide bonds. The zero-order chi connectivity index (χ0) is 13.4. The van der Waals surface area contributed by atoms with Crippen LogP contribution in [0, 0.1) is 6.92 Å². The maximum Gasteiger partial charge on any atom is 0.130 e.